The van der Waals surface area contributed by atoms with Gasteiger partial charge in [0.25, 0.3) is 0 Å². The summed E-state index contributed by atoms with van der Waals surface area (Å²) >= 11 is 0. The highest BCUT2D eigenvalue weighted by atomic mass is 15.0. The Hall–Kier alpha value is -2.42. The van der Waals surface area contributed by atoms with E-state index >= 15 is 0 Å². The number of nitrogens with one attached hydrogen (secondary N) is 1. The van der Waals surface area contributed by atoms with Gasteiger partial charge in [-0.2, -0.15) is 0 Å². The molecule has 0 fully saturated rings. The minimum Gasteiger partial charge on any atom is -0.378 e. The van der Waals surface area contributed by atoms with Crippen molar-refractivity contribution in [3.63, 3.8) is 0 Å². The highest BCUT2D eigenvalue weighted by Crippen LogP contribution is 2.30. The van der Waals surface area contributed by atoms with E-state index in [0.717, 1.165) is 29.9 Å². The van der Waals surface area contributed by atoms with Gasteiger partial charge in [0, 0.05) is 18.0 Å². The Labute approximate surface area is 191 Å². The van der Waals surface area contributed by atoms with Crippen molar-refractivity contribution in [2.45, 2.75) is 81.7 Å². The number of hydrogen-bond acceptors (Lipinski definition) is 2. The van der Waals surface area contributed by atoms with Gasteiger partial charge in [0.05, 0.1) is 5.70 Å². The van der Waals surface area contributed by atoms with Gasteiger partial charge in [0.1, 0.15) is 0 Å². The lowest BCUT2D eigenvalue weighted by Gasteiger charge is -2.21. The van der Waals surface area contributed by atoms with E-state index in [-0.39, 0.29) is 5.41 Å². The van der Waals surface area contributed by atoms with Gasteiger partial charge in [-0.25, -0.2) is 9.98 Å². The lowest BCUT2D eigenvalue weighted by atomic mass is 9.84. The van der Waals surface area contributed by atoms with Crippen LogP contribution in [0.15, 0.2) is 58.8 Å². The van der Waals surface area contributed by atoms with E-state index in [1.54, 1.807) is 0 Å². The number of aryl methyl sites for hydroxylation is 1. The molecule has 0 aliphatic carbocycles. The average Bonchev–Trinajstić information content (AvgIpc) is 2.64. The molecule has 0 radical (unpaired) electrons. The Kier molecular flexibility index (Phi) is 10.2. The van der Waals surface area contributed by atoms with Crippen LogP contribution in [0.1, 0.15) is 84.9 Å². The molecular formula is C28H43N3. The molecule has 0 atom stereocenters. The van der Waals surface area contributed by atoms with Crippen LogP contribution in [0.5, 0.6) is 0 Å². The molecule has 0 bridgehead atoms. The minimum atomic E-state index is 0.232. The van der Waals surface area contributed by atoms with Crippen LogP contribution in [0.2, 0.25) is 0 Å². The van der Waals surface area contributed by atoms with Crippen LogP contribution in [0, 0.1) is 18.3 Å². The van der Waals surface area contributed by atoms with Crippen molar-refractivity contribution in [2.75, 3.05) is 0 Å². The van der Waals surface area contributed by atoms with Crippen molar-refractivity contribution in [1.82, 2.24) is 5.32 Å². The van der Waals surface area contributed by atoms with E-state index < -0.39 is 0 Å². The molecule has 0 aliphatic heterocycles. The first-order chi connectivity index (χ1) is 14.3. The molecule has 0 aromatic heterocycles. The number of nitrogens with zero attached hydrogens (tertiary/aromatic N) is 2. The molecule has 1 aromatic rings. The monoisotopic (exact) mass is 421 g/mol. The third kappa shape index (κ3) is 9.50. The summed E-state index contributed by atoms with van der Waals surface area (Å²) in [6.45, 7) is 28.5. The molecule has 0 saturated heterocycles. The molecule has 3 heteroatoms. The third-order valence-corrected chi connectivity index (χ3v) is 5.09. The molecule has 3 nitrogen and oxygen atoms in total. The SMILES string of the molecule is C=C(NCc1ccc(C(=C)CC(C)(C)C)c(C)c1)C(=N/C(C)=C/CC)N=C(C)C(C)C. The summed E-state index contributed by atoms with van der Waals surface area (Å²) in [5.74, 6) is 1.02. The molecule has 0 saturated carbocycles. The molecule has 170 valence electrons. The van der Waals surface area contributed by atoms with Crippen molar-refractivity contribution in [3.8, 4) is 0 Å². The summed E-state index contributed by atoms with van der Waals surface area (Å²) in [7, 11) is 0. The van der Waals surface area contributed by atoms with E-state index in [4.69, 9.17) is 9.98 Å². The fourth-order valence-electron chi connectivity index (χ4n) is 3.22. The summed E-state index contributed by atoms with van der Waals surface area (Å²) < 4.78 is 0. The Bertz CT molecular complexity index is 874. The van der Waals surface area contributed by atoms with Crippen LogP contribution in [0.4, 0.5) is 0 Å². The maximum atomic E-state index is 4.75. The molecule has 0 unspecified atom stereocenters. The maximum Gasteiger partial charge on any atom is 0.175 e. The summed E-state index contributed by atoms with van der Waals surface area (Å²) in [6, 6.07) is 6.58. The second kappa shape index (κ2) is 11.8. The van der Waals surface area contributed by atoms with Crippen LogP contribution in [0.3, 0.4) is 0 Å². The summed E-state index contributed by atoms with van der Waals surface area (Å²) in [5.41, 5.74) is 7.87. The van der Waals surface area contributed by atoms with Crippen LogP contribution >= 0.6 is 0 Å². The van der Waals surface area contributed by atoms with E-state index in [1.165, 1.54) is 22.3 Å². The van der Waals surface area contributed by atoms with Gasteiger partial charge >= 0.3 is 0 Å². The fraction of sp³-hybridized carbons (Fsp3) is 0.500. The van der Waals surface area contributed by atoms with E-state index in [1.807, 2.05) is 13.8 Å². The smallest absolute Gasteiger partial charge is 0.175 e. The highest BCUT2D eigenvalue weighted by Gasteiger charge is 2.14. The molecule has 0 spiro atoms. The second-order valence-electron chi connectivity index (χ2n) is 9.92. The lowest BCUT2D eigenvalue weighted by Crippen LogP contribution is -2.20. The Balaban J connectivity index is 2.99. The molecule has 31 heavy (non-hydrogen) atoms. The van der Waals surface area contributed by atoms with Crippen molar-refractivity contribution >= 4 is 17.1 Å². The average molecular weight is 422 g/mol. The van der Waals surface area contributed by atoms with E-state index in [9.17, 15) is 0 Å². The highest BCUT2D eigenvalue weighted by molar-refractivity contribution is 6.06. The first-order valence-corrected chi connectivity index (χ1v) is 11.4. The zero-order chi connectivity index (χ0) is 23.8. The van der Waals surface area contributed by atoms with Crippen LogP contribution in [0.25, 0.3) is 5.57 Å². The summed E-state index contributed by atoms with van der Waals surface area (Å²) in [4.78, 5) is 9.46. The zero-order valence-corrected chi connectivity index (χ0v) is 21.3. The Morgan fingerprint density at radius 2 is 1.77 bits per heavy atom. The van der Waals surface area contributed by atoms with Gasteiger partial charge < -0.3 is 5.32 Å². The van der Waals surface area contributed by atoms with Gasteiger partial charge in [-0.15, -0.1) is 0 Å². The predicted octanol–water partition coefficient (Wildman–Crippen LogP) is 7.88. The number of aliphatic imine (C=N–C) groups is 2. The zero-order valence-electron chi connectivity index (χ0n) is 21.3. The van der Waals surface area contributed by atoms with Crippen molar-refractivity contribution in [1.29, 1.82) is 0 Å². The Morgan fingerprint density at radius 3 is 2.29 bits per heavy atom. The van der Waals surface area contributed by atoms with Crippen LogP contribution in [-0.2, 0) is 6.54 Å². The van der Waals surface area contributed by atoms with Crippen LogP contribution < -0.4 is 5.32 Å². The first kappa shape index (κ1) is 26.6. The first-order valence-electron chi connectivity index (χ1n) is 11.4. The standard InChI is InChI=1S/C28H43N3/c1-12-13-22(6)30-27(31-23(7)19(2)3)24(8)29-18-25-14-15-26(20(4)16-25)21(5)17-28(9,10)11/h13-16,19,29H,5,8,12,17-18H2,1-4,6-7,9-11H3/b22-13+,30-27?,31-23?. The fourth-order valence-corrected chi connectivity index (χ4v) is 3.22. The van der Waals surface area contributed by atoms with Crippen LogP contribution in [-0.4, -0.2) is 11.5 Å². The molecule has 0 heterocycles. The molecule has 0 amide bonds. The van der Waals surface area contributed by atoms with Gasteiger partial charge in [-0.3, -0.25) is 0 Å². The lowest BCUT2D eigenvalue weighted by molar-refractivity contribution is 0.427. The van der Waals surface area contributed by atoms with Gasteiger partial charge in [0.2, 0.25) is 0 Å². The summed E-state index contributed by atoms with van der Waals surface area (Å²) in [5, 5.41) is 3.42. The van der Waals surface area contributed by atoms with Gasteiger partial charge in [-0.05, 0) is 67.2 Å². The maximum absolute atomic E-state index is 4.75. The normalized spacial score (nSPS) is 13.5. The number of allylic oxidation sites excluding steroid dienone is 3. The second-order valence-corrected chi connectivity index (χ2v) is 9.92. The van der Waals surface area contributed by atoms with Gasteiger partial charge in [0.15, 0.2) is 5.84 Å². The molecule has 0 aliphatic rings. The van der Waals surface area contributed by atoms with Crippen molar-refractivity contribution in [3.05, 3.63) is 65.5 Å². The predicted molar refractivity (Wildman–Crippen MR) is 140 cm³/mol. The van der Waals surface area contributed by atoms with E-state index in [2.05, 4.69) is 91.2 Å². The topological polar surface area (TPSA) is 36.8 Å². The van der Waals surface area contributed by atoms with Gasteiger partial charge in [-0.1, -0.05) is 79.0 Å². The minimum absolute atomic E-state index is 0.232. The largest absolute Gasteiger partial charge is 0.378 e. The summed E-state index contributed by atoms with van der Waals surface area (Å²) in [6.07, 6.45) is 4.03. The molecule has 1 rings (SSSR count). The Morgan fingerprint density at radius 1 is 1.13 bits per heavy atom. The number of hydrogen-bond donors (Lipinski definition) is 1. The van der Waals surface area contributed by atoms with Crippen molar-refractivity contribution < 1.29 is 0 Å². The number of benzene rings is 1. The molecule has 1 aromatic carbocycles. The molecular weight excluding hydrogens is 378 g/mol. The number of amidine groups is 1. The third-order valence-electron chi connectivity index (χ3n) is 5.09. The quantitative estimate of drug-likeness (QED) is 0.319. The van der Waals surface area contributed by atoms with Crippen molar-refractivity contribution in [2.24, 2.45) is 21.3 Å². The molecule has 1 N–H and O–H groups in total. The van der Waals surface area contributed by atoms with E-state index in [0.29, 0.717) is 18.3 Å². The number of rotatable bonds is 9.